The van der Waals surface area contributed by atoms with E-state index in [1.54, 1.807) is 11.3 Å². The molecule has 1 aliphatic heterocycles. The number of benzene rings is 1. The fourth-order valence-electron chi connectivity index (χ4n) is 2.68. The topological polar surface area (TPSA) is 20.3 Å². The Morgan fingerprint density at radius 1 is 1.38 bits per heavy atom. The van der Waals surface area contributed by atoms with Crippen molar-refractivity contribution in [1.29, 1.82) is 0 Å². The minimum absolute atomic E-state index is 0.171. The first-order valence-corrected chi connectivity index (χ1v) is 8.18. The lowest BCUT2D eigenvalue weighted by atomic mass is 10.00. The molecule has 0 aliphatic carbocycles. The summed E-state index contributed by atoms with van der Waals surface area (Å²) in [5.41, 5.74) is 0.584. The van der Waals surface area contributed by atoms with Crippen LogP contribution in [-0.2, 0) is 6.42 Å². The van der Waals surface area contributed by atoms with Gasteiger partial charge in [-0.15, -0.1) is 11.3 Å². The molecule has 1 aromatic heterocycles. The molecule has 6 heteroatoms. The van der Waals surface area contributed by atoms with Crippen molar-refractivity contribution in [3.63, 3.8) is 0 Å². The average molecular weight is 372 g/mol. The Kier molecular flexibility index (Phi) is 3.84. The number of fused-ring (bicyclic) bond motifs is 1. The van der Waals surface area contributed by atoms with Crippen LogP contribution in [0, 0.1) is 11.6 Å². The molecule has 0 fully saturated rings. The van der Waals surface area contributed by atoms with Gasteiger partial charge < -0.3 is 4.90 Å². The van der Waals surface area contributed by atoms with E-state index >= 15 is 0 Å². The Hall–Kier alpha value is -1.27. The molecule has 1 amide bonds. The number of thiophene rings is 1. The molecule has 1 aromatic carbocycles. The summed E-state index contributed by atoms with van der Waals surface area (Å²) in [7, 11) is 0. The van der Waals surface area contributed by atoms with Crippen molar-refractivity contribution < 1.29 is 13.6 Å². The number of halogens is 3. The Morgan fingerprint density at radius 3 is 2.71 bits per heavy atom. The fourth-order valence-corrected chi connectivity index (χ4v) is 4.04. The molecule has 0 saturated carbocycles. The van der Waals surface area contributed by atoms with Gasteiger partial charge in [0.2, 0.25) is 0 Å². The van der Waals surface area contributed by atoms with E-state index in [0.29, 0.717) is 6.54 Å². The summed E-state index contributed by atoms with van der Waals surface area (Å²) >= 11 is 4.67. The lowest BCUT2D eigenvalue weighted by Gasteiger charge is -2.33. The molecule has 2 nitrogen and oxygen atoms in total. The quantitative estimate of drug-likeness (QED) is 0.719. The summed E-state index contributed by atoms with van der Waals surface area (Å²) in [6.07, 6.45) is 0.725. The van der Waals surface area contributed by atoms with E-state index in [0.717, 1.165) is 24.1 Å². The number of carbonyl (C=O) groups is 1. The second-order valence-electron chi connectivity index (χ2n) is 4.97. The summed E-state index contributed by atoms with van der Waals surface area (Å²) < 4.78 is 28.2. The summed E-state index contributed by atoms with van der Waals surface area (Å²) in [5.74, 6) is -2.27. The van der Waals surface area contributed by atoms with Gasteiger partial charge in [-0.3, -0.25) is 4.79 Å². The van der Waals surface area contributed by atoms with E-state index in [1.807, 2.05) is 18.4 Å². The molecule has 110 valence electrons. The molecule has 0 radical (unpaired) electrons. The SMILES string of the molecule is CC1c2ccsc2CCN1C(=O)c1c(F)cc(Br)cc1F. The molecule has 1 aliphatic rings. The molecule has 1 atom stereocenters. The van der Waals surface area contributed by atoms with Gasteiger partial charge in [0.15, 0.2) is 0 Å². The number of nitrogens with zero attached hydrogens (tertiary/aromatic N) is 1. The van der Waals surface area contributed by atoms with Crippen LogP contribution in [0.25, 0.3) is 0 Å². The predicted molar refractivity (Wildman–Crippen MR) is 81.5 cm³/mol. The maximum absolute atomic E-state index is 14.0. The molecule has 3 rings (SSSR count). The van der Waals surface area contributed by atoms with E-state index in [4.69, 9.17) is 0 Å². The van der Waals surface area contributed by atoms with E-state index in [-0.39, 0.29) is 10.5 Å². The first-order chi connectivity index (χ1) is 9.99. The van der Waals surface area contributed by atoms with Gasteiger partial charge in [-0.1, -0.05) is 15.9 Å². The van der Waals surface area contributed by atoms with Crippen LogP contribution in [0.15, 0.2) is 28.1 Å². The summed E-state index contributed by atoms with van der Waals surface area (Å²) in [5, 5.41) is 1.98. The van der Waals surface area contributed by atoms with Crippen molar-refractivity contribution in [2.24, 2.45) is 0 Å². The molecule has 2 heterocycles. The van der Waals surface area contributed by atoms with Crippen molar-refractivity contribution in [3.8, 4) is 0 Å². The molecular weight excluding hydrogens is 360 g/mol. The van der Waals surface area contributed by atoms with Crippen molar-refractivity contribution in [2.45, 2.75) is 19.4 Å². The predicted octanol–water partition coefficient (Wildman–Crippen LogP) is 4.55. The molecule has 0 N–H and O–H groups in total. The molecule has 2 aromatic rings. The van der Waals surface area contributed by atoms with Gasteiger partial charge in [-0.25, -0.2) is 8.78 Å². The minimum atomic E-state index is -0.838. The smallest absolute Gasteiger partial charge is 0.260 e. The molecule has 21 heavy (non-hydrogen) atoms. The van der Waals surface area contributed by atoms with E-state index in [1.165, 1.54) is 9.78 Å². The van der Waals surface area contributed by atoms with E-state index in [2.05, 4.69) is 15.9 Å². The number of hydrogen-bond acceptors (Lipinski definition) is 2. The Labute approximate surface area is 133 Å². The number of carbonyl (C=O) groups excluding carboxylic acids is 1. The second-order valence-corrected chi connectivity index (χ2v) is 6.88. The third kappa shape index (κ3) is 2.51. The van der Waals surface area contributed by atoms with E-state index < -0.39 is 23.1 Å². The van der Waals surface area contributed by atoms with Crippen LogP contribution in [0.5, 0.6) is 0 Å². The molecular formula is C15H12BrF2NOS. The molecule has 0 bridgehead atoms. The zero-order valence-electron chi connectivity index (χ0n) is 11.2. The van der Waals surface area contributed by atoms with Crippen LogP contribution < -0.4 is 0 Å². The summed E-state index contributed by atoms with van der Waals surface area (Å²) in [6.45, 7) is 2.36. The van der Waals surface area contributed by atoms with Crippen LogP contribution in [0.4, 0.5) is 8.78 Å². The van der Waals surface area contributed by atoms with Crippen LogP contribution in [0.3, 0.4) is 0 Å². The van der Waals surface area contributed by atoms with Crippen molar-refractivity contribution in [3.05, 3.63) is 55.7 Å². The van der Waals surface area contributed by atoms with Crippen molar-refractivity contribution in [2.75, 3.05) is 6.54 Å². The van der Waals surface area contributed by atoms with Crippen molar-refractivity contribution >= 4 is 33.2 Å². The maximum atomic E-state index is 14.0. The minimum Gasteiger partial charge on any atom is -0.331 e. The maximum Gasteiger partial charge on any atom is 0.260 e. The summed E-state index contributed by atoms with van der Waals surface area (Å²) in [4.78, 5) is 15.3. The molecule has 1 unspecified atom stereocenters. The Morgan fingerprint density at radius 2 is 2.05 bits per heavy atom. The van der Waals surface area contributed by atoms with Crippen molar-refractivity contribution in [1.82, 2.24) is 4.90 Å². The standard InChI is InChI=1S/C15H12BrF2NOS/c1-8-10-3-5-21-13(10)2-4-19(8)15(20)14-11(17)6-9(16)7-12(14)18/h3,5-8H,2,4H2,1H3. The first kappa shape index (κ1) is 14.7. The highest BCUT2D eigenvalue weighted by atomic mass is 79.9. The Bertz CT molecular complexity index is 692. The van der Waals surface area contributed by atoms with Gasteiger partial charge in [-0.2, -0.15) is 0 Å². The lowest BCUT2D eigenvalue weighted by Crippen LogP contribution is -2.39. The third-order valence-electron chi connectivity index (χ3n) is 3.76. The van der Waals surface area contributed by atoms with Crippen LogP contribution >= 0.6 is 27.3 Å². The van der Waals surface area contributed by atoms with Crippen LogP contribution in [0.1, 0.15) is 33.8 Å². The second kappa shape index (κ2) is 5.50. The molecule has 0 spiro atoms. The third-order valence-corrected chi connectivity index (χ3v) is 5.21. The fraction of sp³-hybridized carbons (Fsp3) is 0.267. The highest BCUT2D eigenvalue weighted by Crippen LogP contribution is 2.34. The van der Waals surface area contributed by atoms with Gasteiger partial charge in [0.25, 0.3) is 5.91 Å². The molecule has 0 saturated heterocycles. The largest absolute Gasteiger partial charge is 0.331 e. The average Bonchev–Trinajstić information content (AvgIpc) is 2.86. The van der Waals surface area contributed by atoms with Crippen LogP contribution in [0.2, 0.25) is 0 Å². The van der Waals surface area contributed by atoms with Gasteiger partial charge in [0.1, 0.15) is 17.2 Å². The first-order valence-electron chi connectivity index (χ1n) is 6.51. The monoisotopic (exact) mass is 371 g/mol. The van der Waals surface area contributed by atoms with Gasteiger partial charge in [0.05, 0.1) is 6.04 Å². The van der Waals surface area contributed by atoms with E-state index in [9.17, 15) is 13.6 Å². The number of hydrogen-bond donors (Lipinski definition) is 0. The number of rotatable bonds is 1. The zero-order chi connectivity index (χ0) is 15.1. The summed E-state index contributed by atoms with van der Waals surface area (Å²) in [6, 6.07) is 4.02. The normalized spacial score (nSPS) is 17.7. The Balaban J connectivity index is 1.97. The number of amides is 1. The lowest BCUT2D eigenvalue weighted by molar-refractivity contribution is 0.0669. The zero-order valence-corrected chi connectivity index (χ0v) is 13.6. The van der Waals surface area contributed by atoms with Gasteiger partial charge in [-0.05, 0) is 42.5 Å². The van der Waals surface area contributed by atoms with Gasteiger partial charge in [0, 0.05) is 15.9 Å². The highest BCUT2D eigenvalue weighted by Gasteiger charge is 2.31. The highest BCUT2D eigenvalue weighted by molar-refractivity contribution is 9.10. The van der Waals surface area contributed by atoms with Gasteiger partial charge >= 0.3 is 0 Å². The van der Waals surface area contributed by atoms with Crippen LogP contribution in [-0.4, -0.2) is 17.4 Å².